The van der Waals surface area contributed by atoms with Gasteiger partial charge in [0, 0.05) is 62.6 Å². The summed E-state index contributed by atoms with van der Waals surface area (Å²) in [5.41, 5.74) is 18.6. The molecule has 8 heteroatoms. The molecule has 1 spiro atoms. The van der Waals surface area contributed by atoms with Crippen molar-refractivity contribution in [2.24, 2.45) is 0 Å². The number of rotatable bonds is 5. The van der Waals surface area contributed by atoms with Crippen LogP contribution in [-0.4, -0.2) is 29.9 Å². The van der Waals surface area contributed by atoms with E-state index < -0.39 is 5.41 Å². The van der Waals surface area contributed by atoms with Gasteiger partial charge in [-0.2, -0.15) is 0 Å². The van der Waals surface area contributed by atoms with Crippen molar-refractivity contribution in [1.82, 2.24) is 29.9 Å². The second kappa shape index (κ2) is 15.9. The molecule has 3 aliphatic rings. The minimum atomic E-state index is -0.710. The van der Waals surface area contributed by atoms with Gasteiger partial charge in [0.1, 0.15) is 0 Å². The Kier molecular flexibility index (Phi) is 8.79. The molecule has 16 rings (SSSR count). The lowest BCUT2D eigenvalue weighted by molar-refractivity contribution is 0.478. The lowest BCUT2D eigenvalue weighted by Gasteiger charge is -2.35. The summed E-state index contributed by atoms with van der Waals surface area (Å²) in [6.45, 7) is 0. The molecule has 75 heavy (non-hydrogen) atoms. The first-order valence-corrected chi connectivity index (χ1v) is 25.2. The van der Waals surface area contributed by atoms with Gasteiger partial charge < -0.3 is 9.64 Å². The van der Waals surface area contributed by atoms with E-state index in [0.29, 0.717) is 5.82 Å². The molecule has 1 unspecified atom stereocenters. The zero-order valence-corrected chi connectivity index (χ0v) is 40.1. The second-order valence-corrected chi connectivity index (χ2v) is 19.3. The SMILES string of the molecule is c1cc(-c2cc(-c3cccc4cccnc34)nc(-c3cccc4cccnc34)n2)cc(-c2ccc3c(n2)-c2ncccc2C32c3ccccc3-c3c2ccc2c3Oc3ccccc3N2c2cccc3ccccc23)c1. The molecule has 0 amide bonds. The smallest absolute Gasteiger partial charge is 0.162 e. The van der Waals surface area contributed by atoms with Crippen LogP contribution in [0.1, 0.15) is 22.3 Å². The molecular formula is C67H39N7O. The normalized spacial score (nSPS) is 14.5. The quantitative estimate of drug-likeness (QED) is 0.169. The van der Waals surface area contributed by atoms with Crippen molar-refractivity contribution >= 4 is 49.6 Å². The topological polar surface area (TPSA) is 89.8 Å². The highest BCUT2D eigenvalue weighted by Crippen LogP contribution is 2.66. The lowest BCUT2D eigenvalue weighted by Crippen LogP contribution is -2.26. The highest BCUT2D eigenvalue weighted by molar-refractivity contribution is 6.05. The van der Waals surface area contributed by atoms with Gasteiger partial charge in [0.15, 0.2) is 17.3 Å². The number of fused-ring (bicyclic) bond motifs is 16. The maximum Gasteiger partial charge on any atom is 0.162 e. The number of nitrogens with zero attached hydrogens (tertiary/aromatic N) is 7. The van der Waals surface area contributed by atoms with Crippen LogP contribution in [0, 0.1) is 0 Å². The fourth-order valence-corrected chi connectivity index (χ4v) is 12.2. The van der Waals surface area contributed by atoms with E-state index in [1.165, 1.54) is 16.3 Å². The average Bonchev–Trinajstić information content (AvgIpc) is 3.99. The molecule has 0 saturated carbocycles. The summed E-state index contributed by atoms with van der Waals surface area (Å²) in [5, 5.41) is 4.41. The van der Waals surface area contributed by atoms with Gasteiger partial charge in [0.2, 0.25) is 0 Å². The number of aromatic nitrogens is 6. The Balaban J connectivity index is 0.861. The molecule has 5 aromatic heterocycles. The van der Waals surface area contributed by atoms with Crippen molar-refractivity contribution in [3.05, 3.63) is 259 Å². The van der Waals surface area contributed by atoms with Crippen LogP contribution in [0.2, 0.25) is 0 Å². The molecule has 348 valence electrons. The standard InChI is InChI=1S/C67H39N7O/c1-2-22-45-40(14-1)15-10-29-56(45)74-57-28-5-6-30-59(57)75-65-58(74)34-32-50-60(65)46-23-3-4-26-49(46)67(50)51-27-13-37-70-63(51)64-52(67)31-33-53(71-64)43-18-7-19-44(38-43)54-39-55(47-24-8-16-41-20-11-35-68-61(41)47)73-66(72-54)48-25-9-17-42-21-12-36-69-62(42)48/h1-39H. The number of hydrogen-bond acceptors (Lipinski definition) is 8. The summed E-state index contributed by atoms with van der Waals surface area (Å²) in [7, 11) is 0. The van der Waals surface area contributed by atoms with E-state index in [4.69, 9.17) is 34.6 Å². The van der Waals surface area contributed by atoms with Gasteiger partial charge in [-0.15, -0.1) is 0 Å². The summed E-state index contributed by atoms with van der Waals surface area (Å²) in [6.07, 6.45) is 5.53. The first kappa shape index (κ1) is 41.4. The Morgan fingerprint density at radius 3 is 1.88 bits per heavy atom. The van der Waals surface area contributed by atoms with Crippen LogP contribution in [0.3, 0.4) is 0 Å². The third kappa shape index (κ3) is 5.99. The predicted octanol–water partition coefficient (Wildman–Crippen LogP) is 16.1. The summed E-state index contributed by atoms with van der Waals surface area (Å²) >= 11 is 0. The van der Waals surface area contributed by atoms with Crippen LogP contribution in [0.15, 0.2) is 237 Å². The Labute approximate surface area is 431 Å². The van der Waals surface area contributed by atoms with Gasteiger partial charge in [0.05, 0.1) is 62.0 Å². The van der Waals surface area contributed by atoms with E-state index in [-0.39, 0.29) is 0 Å². The number of benzene rings is 8. The molecule has 0 radical (unpaired) electrons. The number of para-hydroxylation sites is 4. The third-order valence-electron chi connectivity index (χ3n) is 15.4. The van der Waals surface area contributed by atoms with E-state index in [1.807, 2.05) is 48.9 Å². The Morgan fingerprint density at radius 2 is 0.987 bits per heavy atom. The Bertz CT molecular complexity index is 4460. The molecular weight excluding hydrogens is 919 g/mol. The lowest BCUT2D eigenvalue weighted by atomic mass is 9.71. The van der Waals surface area contributed by atoms with Crippen LogP contribution in [-0.2, 0) is 5.41 Å². The summed E-state index contributed by atoms with van der Waals surface area (Å²) < 4.78 is 7.16. The number of anilines is 3. The third-order valence-corrected chi connectivity index (χ3v) is 15.4. The van der Waals surface area contributed by atoms with Gasteiger partial charge in [-0.3, -0.25) is 15.0 Å². The molecule has 13 aromatic rings. The van der Waals surface area contributed by atoms with Crippen molar-refractivity contribution in [3.8, 4) is 79.2 Å². The Hall–Kier alpha value is -10.2. The van der Waals surface area contributed by atoms with Crippen LogP contribution < -0.4 is 9.64 Å². The largest absolute Gasteiger partial charge is 0.452 e. The van der Waals surface area contributed by atoms with Gasteiger partial charge >= 0.3 is 0 Å². The number of pyridine rings is 4. The minimum Gasteiger partial charge on any atom is -0.452 e. The van der Waals surface area contributed by atoms with Gasteiger partial charge in [-0.25, -0.2) is 15.0 Å². The summed E-state index contributed by atoms with van der Waals surface area (Å²) in [5.74, 6) is 2.22. The van der Waals surface area contributed by atoms with Crippen LogP contribution in [0.5, 0.6) is 11.5 Å². The zero-order valence-electron chi connectivity index (χ0n) is 40.1. The molecule has 1 aliphatic heterocycles. The molecule has 8 aromatic carbocycles. The maximum absolute atomic E-state index is 7.16. The molecule has 0 bridgehead atoms. The fraction of sp³-hybridized carbons (Fsp3) is 0.0149. The summed E-state index contributed by atoms with van der Waals surface area (Å²) in [6, 6.07) is 76.6. The van der Waals surface area contributed by atoms with Crippen molar-refractivity contribution in [1.29, 1.82) is 0 Å². The van der Waals surface area contributed by atoms with Crippen molar-refractivity contribution in [3.63, 3.8) is 0 Å². The predicted molar refractivity (Wildman–Crippen MR) is 299 cm³/mol. The van der Waals surface area contributed by atoms with Gasteiger partial charge in [0.25, 0.3) is 0 Å². The van der Waals surface area contributed by atoms with E-state index >= 15 is 0 Å². The average molecular weight is 958 g/mol. The molecule has 0 fully saturated rings. The van der Waals surface area contributed by atoms with Crippen LogP contribution in [0.25, 0.3) is 100 Å². The zero-order chi connectivity index (χ0) is 49.2. The molecule has 2 aliphatic carbocycles. The van der Waals surface area contributed by atoms with Crippen LogP contribution in [0.4, 0.5) is 17.1 Å². The minimum absolute atomic E-state index is 0.586. The monoisotopic (exact) mass is 957 g/mol. The molecule has 6 heterocycles. The van der Waals surface area contributed by atoms with E-state index in [2.05, 4.69) is 193 Å². The first-order valence-electron chi connectivity index (χ1n) is 25.2. The maximum atomic E-state index is 7.16. The molecule has 8 nitrogen and oxygen atoms in total. The molecule has 1 atom stereocenters. The van der Waals surface area contributed by atoms with E-state index in [0.717, 1.165) is 129 Å². The van der Waals surface area contributed by atoms with Crippen LogP contribution >= 0.6 is 0 Å². The Morgan fingerprint density at radius 1 is 0.373 bits per heavy atom. The van der Waals surface area contributed by atoms with Crippen molar-refractivity contribution in [2.75, 3.05) is 4.90 Å². The highest BCUT2D eigenvalue weighted by atomic mass is 16.5. The van der Waals surface area contributed by atoms with Gasteiger partial charge in [-0.1, -0.05) is 152 Å². The van der Waals surface area contributed by atoms with Crippen molar-refractivity contribution in [2.45, 2.75) is 5.41 Å². The molecule has 0 saturated heterocycles. The second-order valence-electron chi connectivity index (χ2n) is 19.3. The van der Waals surface area contributed by atoms with E-state index in [9.17, 15) is 0 Å². The van der Waals surface area contributed by atoms with Crippen molar-refractivity contribution < 1.29 is 4.74 Å². The first-order chi connectivity index (χ1) is 37.2. The van der Waals surface area contributed by atoms with E-state index in [1.54, 1.807) is 0 Å². The number of hydrogen-bond donors (Lipinski definition) is 0. The summed E-state index contributed by atoms with van der Waals surface area (Å²) in [4.78, 5) is 33.3. The molecule has 0 N–H and O–H groups in total. The highest BCUT2D eigenvalue weighted by Gasteiger charge is 2.54. The fourth-order valence-electron chi connectivity index (χ4n) is 12.2. The van der Waals surface area contributed by atoms with Gasteiger partial charge in [-0.05, 0) is 99.9 Å². The number of ether oxygens (including phenoxy) is 1.